The molecule has 0 aliphatic heterocycles. The number of aromatic nitrogens is 3. The molecule has 1 aromatic carbocycles. The Balaban J connectivity index is 1.86. The average molecular weight is 356 g/mol. The van der Waals surface area contributed by atoms with Crippen LogP contribution < -0.4 is 5.32 Å². The number of furan rings is 1. The fraction of sp³-hybridized carbons (Fsp3) is 0.278. The first-order chi connectivity index (χ1) is 12.2. The number of carbonyl (C=O) groups is 1. The largest absolute Gasteiger partial charge is 0.461 e. The van der Waals surface area contributed by atoms with Gasteiger partial charge in [-0.05, 0) is 37.6 Å². The molecule has 0 saturated carbocycles. The summed E-state index contributed by atoms with van der Waals surface area (Å²) < 4.78 is 7.38. The Morgan fingerprint density at radius 1 is 1.24 bits per heavy atom. The van der Waals surface area contributed by atoms with Gasteiger partial charge in [-0.15, -0.1) is 10.2 Å². The number of nitrogens with one attached hydrogen (secondary N) is 1. The van der Waals surface area contributed by atoms with Crippen LogP contribution in [0.3, 0.4) is 0 Å². The van der Waals surface area contributed by atoms with Crippen LogP contribution in [-0.4, -0.2) is 32.5 Å². The second kappa shape index (κ2) is 8.02. The molecule has 2 aromatic heterocycles. The van der Waals surface area contributed by atoms with Crippen LogP contribution in [0.25, 0.3) is 17.3 Å². The highest BCUT2D eigenvalue weighted by Gasteiger charge is 2.19. The van der Waals surface area contributed by atoms with Gasteiger partial charge in [-0.25, -0.2) is 0 Å². The Hall–Kier alpha value is -2.54. The molecule has 1 amide bonds. The van der Waals surface area contributed by atoms with Crippen molar-refractivity contribution in [3.8, 4) is 17.3 Å². The van der Waals surface area contributed by atoms with Crippen LogP contribution in [0.15, 0.2) is 58.3 Å². The highest BCUT2D eigenvalue weighted by atomic mass is 32.2. The predicted molar refractivity (Wildman–Crippen MR) is 97.7 cm³/mol. The second-order valence-electron chi connectivity index (χ2n) is 5.62. The van der Waals surface area contributed by atoms with E-state index in [0.29, 0.717) is 16.7 Å². The number of amides is 1. The van der Waals surface area contributed by atoms with Gasteiger partial charge in [-0.1, -0.05) is 36.9 Å². The number of hydrogen-bond donors (Lipinski definition) is 1. The van der Waals surface area contributed by atoms with Crippen molar-refractivity contribution in [3.05, 3.63) is 48.7 Å². The van der Waals surface area contributed by atoms with Crippen LogP contribution in [0.4, 0.5) is 0 Å². The molecular formula is C18H20N4O2S. The number of benzene rings is 1. The van der Waals surface area contributed by atoms with Crippen LogP contribution in [0, 0.1) is 0 Å². The lowest BCUT2D eigenvalue weighted by atomic mass is 10.3. The summed E-state index contributed by atoms with van der Waals surface area (Å²) in [4.78, 5) is 12.1. The molecule has 0 fully saturated rings. The average Bonchev–Trinajstić information content (AvgIpc) is 3.29. The molecule has 6 nitrogen and oxygen atoms in total. The van der Waals surface area contributed by atoms with Crippen LogP contribution in [0.1, 0.15) is 20.3 Å². The van der Waals surface area contributed by atoms with E-state index in [4.69, 9.17) is 4.42 Å². The minimum Gasteiger partial charge on any atom is -0.461 e. The van der Waals surface area contributed by atoms with E-state index in [9.17, 15) is 4.79 Å². The highest BCUT2D eigenvalue weighted by Crippen LogP contribution is 2.28. The Morgan fingerprint density at radius 2 is 2.04 bits per heavy atom. The molecule has 1 unspecified atom stereocenters. The zero-order valence-electron chi connectivity index (χ0n) is 14.2. The van der Waals surface area contributed by atoms with Gasteiger partial charge in [0, 0.05) is 11.7 Å². The van der Waals surface area contributed by atoms with Crippen molar-refractivity contribution in [3.63, 3.8) is 0 Å². The fourth-order valence-corrected chi connectivity index (χ4v) is 3.05. The van der Waals surface area contributed by atoms with Crippen molar-refractivity contribution < 1.29 is 9.21 Å². The lowest BCUT2D eigenvalue weighted by molar-refractivity contribution is -0.119. The molecule has 0 aliphatic rings. The van der Waals surface area contributed by atoms with Gasteiger partial charge in [0.1, 0.15) is 0 Å². The molecule has 1 N–H and O–H groups in total. The zero-order chi connectivity index (χ0) is 17.6. The van der Waals surface area contributed by atoms with Gasteiger partial charge in [-0.3, -0.25) is 9.36 Å². The Kier molecular flexibility index (Phi) is 5.55. The van der Waals surface area contributed by atoms with Gasteiger partial charge in [0.2, 0.25) is 11.7 Å². The molecular weight excluding hydrogens is 336 g/mol. The second-order valence-corrected chi connectivity index (χ2v) is 6.56. The monoisotopic (exact) mass is 356 g/mol. The van der Waals surface area contributed by atoms with Gasteiger partial charge >= 0.3 is 0 Å². The molecule has 3 aromatic rings. The first-order valence-electron chi connectivity index (χ1n) is 8.16. The third kappa shape index (κ3) is 4.11. The molecule has 1 atom stereocenters. The van der Waals surface area contributed by atoms with E-state index in [1.54, 1.807) is 6.26 Å². The third-order valence-corrected chi connectivity index (χ3v) is 4.67. The third-order valence-electron chi connectivity index (χ3n) is 3.74. The molecule has 0 saturated heterocycles. The van der Waals surface area contributed by atoms with Gasteiger partial charge in [0.25, 0.3) is 0 Å². The summed E-state index contributed by atoms with van der Waals surface area (Å²) in [7, 11) is 0. The minimum atomic E-state index is -0.0125. The van der Waals surface area contributed by atoms with Crippen LogP contribution >= 0.6 is 11.8 Å². The zero-order valence-corrected chi connectivity index (χ0v) is 15.0. The number of para-hydroxylation sites is 1. The van der Waals surface area contributed by atoms with E-state index in [1.807, 2.05) is 60.9 Å². The van der Waals surface area contributed by atoms with Crippen molar-refractivity contribution in [1.29, 1.82) is 0 Å². The first-order valence-corrected chi connectivity index (χ1v) is 9.14. The summed E-state index contributed by atoms with van der Waals surface area (Å²) >= 11 is 1.36. The lowest BCUT2D eigenvalue weighted by Gasteiger charge is -2.11. The normalized spacial score (nSPS) is 12.1. The van der Waals surface area contributed by atoms with Crippen LogP contribution in [0.2, 0.25) is 0 Å². The number of nitrogens with zero attached hydrogens (tertiary/aromatic N) is 3. The van der Waals surface area contributed by atoms with Crippen LogP contribution in [0.5, 0.6) is 0 Å². The Morgan fingerprint density at radius 3 is 2.72 bits per heavy atom. The van der Waals surface area contributed by atoms with E-state index in [-0.39, 0.29) is 17.7 Å². The summed E-state index contributed by atoms with van der Waals surface area (Å²) in [6.07, 6.45) is 2.50. The number of thioether (sulfide) groups is 1. The molecule has 0 radical (unpaired) electrons. The van der Waals surface area contributed by atoms with Crippen molar-refractivity contribution in [2.45, 2.75) is 31.5 Å². The van der Waals surface area contributed by atoms with E-state index in [0.717, 1.165) is 12.1 Å². The maximum Gasteiger partial charge on any atom is 0.230 e. The number of hydrogen-bond acceptors (Lipinski definition) is 5. The van der Waals surface area contributed by atoms with E-state index >= 15 is 0 Å². The lowest BCUT2D eigenvalue weighted by Crippen LogP contribution is -2.33. The molecule has 3 rings (SSSR count). The van der Waals surface area contributed by atoms with E-state index in [1.165, 1.54) is 11.8 Å². The Bertz CT molecular complexity index is 815. The summed E-state index contributed by atoms with van der Waals surface area (Å²) in [6.45, 7) is 4.03. The smallest absolute Gasteiger partial charge is 0.230 e. The van der Waals surface area contributed by atoms with Gasteiger partial charge < -0.3 is 9.73 Å². The molecule has 0 bridgehead atoms. The summed E-state index contributed by atoms with van der Waals surface area (Å²) in [6, 6.07) is 13.6. The fourth-order valence-electron chi connectivity index (χ4n) is 2.29. The topological polar surface area (TPSA) is 73.0 Å². The summed E-state index contributed by atoms with van der Waals surface area (Å²) in [5, 5.41) is 12.1. The van der Waals surface area contributed by atoms with E-state index < -0.39 is 0 Å². The van der Waals surface area contributed by atoms with Crippen molar-refractivity contribution in [2.24, 2.45) is 0 Å². The first kappa shape index (κ1) is 17.3. The number of rotatable bonds is 7. The predicted octanol–water partition coefficient (Wildman–Crippen LogP) is 3.53. The maximum atomic E-state index is 12.1. The summed E-state index contributed by atoms with van der Waals surface area (Å²) in [5.41, 5.74) is 0.920. The molecule has 2 heterocycles. The van der Waals surface area contributed by atoms with E-state index in [2.05, 4.69) is 15.5 Å². The maximum absolute atomic E-state index is 12.1. The van der Waals surface area contributed by atoms with Crippen molar-refractivity contribution in [1.82, 2.24) is 20.1 Å². The van der Waals surface area contributed by atoms with Gasteiger partial charge in [-0.2, -0.15) is 0 Å². The minimum absolute atomic E-state index is 0.0125. The summed E-state index contributed by atoms with van der Waals surface area (Å²) in [5.74, 6) is 1.52. The highest BCUT2D eigenvalue weighted by molar-refractivity contribution is 7.99. The molecule has 130 valence electrons. The van der Waals surface area contributed by atoms with Gasteiger partial charge in [0.15, 0.2) is 10.9 Å². The Labute approximate surface area is 150 Å². The molecule has 0 aliphatic carbocycles. The SMILES string of the molecule is CCC(C)NC(=O)CSc1nnc(-c2ccco2)n1-c1ccccc1. The standard InChI is InChI=1S/C18H20N4O2S/c1-3-13(2)19-16(23)12-25-18-21-20-17(15-10-7-11-24-15)22(18)14-8-5-4-6-9-14/h4-11,13H,3,12H2,1-2H3,(H,19,23). The number of carbonyl (C=O) groups excluding carboxylic acids is 1. The van der Waals surface area contributed by atoms with Gasteiger partial charge in [0.05, 0.1) is 12.0 Å². The van der Waals surface area contributed by atoms with Crippen molar-refractivity contribution in [2.75, 3.05) is 5.75 Å². The quantitative estimate of drug-likeness (QED) is 0.656. The van der Waals surface area contributed by atoms with Crippen LogP contribution in [-0.2, 0) is 4.79 Å². The molecule has 7 heteroatoms. The molecule has 0 spiro atoms. The van der Waals surface area contributed by atoms with Crippen molar-refractivity contribution >= 4 is 17.7 Å². The molecule has 25 heavy (non-hydrogen) atoms.